The number of hydrogen-bond acceptors (Lipinski definition) is 6. The van der Waals surface area contributed by atoms with Crippen LogP contribution >= 0.6 is 0 Å². The summed E-state index contributed by atoms with van der Waals surface area (Å²) in [7, 11) is 3.22. The third-order valence-electron chi connectivity index (χ3n) is 6.39. The fourth-order valence-electron chi connectivity index (χ4n) is 4.64. The zero-order valence-electron chi connectivity index (χ0n) is 19.9. The molecule has 1 unspecified atom stereocenters. The van der Waals surface area contributed by atoms with Crippen LogP contribution in [0.15, 0.2) is 76.1 Å². The summed E-state index contributed by atoms with van der Waals surface area (Å²) in [6.07, 6.45) is 6.27. The first-order valence-electron chi connectivity index (χ1n) is 11.6. The van der Waals surface area contributed by atoms with Crippen molar-refractivity contribution in [1.29, 1.82) is 0 Å². The highest BCUT2D eigenvalue weighted by Gasteiger charge is 2.30. The molecule has 0 bridgehead atoms. The van der Waals surface area contributed by atoms with Gasteiger partial charge in [-0.15, -0.1) is 0 Å². The van der Waals surface area contributed by atoms with Crippen LogP contribution in [0.4, 0.5) is 0 Å². The van der Waals surface area contributed by atoms with Crippen molar-refractivity contribution in [3.05, 3.63) is 95.6 Å². The predicted molar refractivity (Wildman–Crippen MR) is 130 cm³/mol. The first-order chi connectivity index (χ1) is 17.2. The maximum Gasteiger partial charge on any atom is 0.287 e. The Bertz CT molecular complexity index is 1270. The molecule has 0 fully saturated rings. The van der Waals surface area contributed by atoms with E-state index in [1.54, 1.807) is 32.8 Å². The van der Waals surface area contributed by atoms with Gasteiger partial charge < -0.3 is 28.2 Å². The maximum atomic E-state index is 12.7. The number of methoxy groups -OCH3 is 2. The molecule has 0 spiro atoms. The van der Waals surface area contributed by atoms with E-state index in [1.807, 2.05) is 30.3 Å². The standard InChI is InChI=1S/C27H29N3O5/c1-32-23-7-5-19(16-25(23)33-2)9-11-28-27(31)24-8-6-21(35-24)17-30-14-13-29-12-3-4-22(29)26(30)20-10-15-34-18-20/h3-8,10,12,15-16,18,26H,9,11,13-14,17H2,1-2H3,(H,28,31). The summed E-state index contributed by atoms with van der Waals surface area (Å²) in [5, 5.41) is 2.94. The normalized spacial score (nSPS) is 15.5. The van der Waals surface area contributed by atoms with Gasteiger partial charge in [-0.25, -0.2) is 0 Å². The lowest BCUT2D eigenvalue weighted by Gasteiger charge is -2.36. The van der Waals surface area contributed by atoms with Gasteiger partial charge in [-0.1, -0.05) is 6.07 Å². The number of fused-ring (bicyclic) bond motifs is 1. The number of amides is 1. The second-order valence-electron chi connectivity index (χ2n) is 8.52. The fraction of sp³-hybridized carbons (Fsp3) is 0.296. The smallest absolute Gasteiger partial charge is 0.287 e. The highest BCUT2D eigenvalue weighted by atomic mass is 16.5. The van der Waals surface area contributed by atoms with Gasteiger partial charge >= 0.3 is 0 Å². The number of benzene rings is 1. The molecule has 1 amide bonds. The highest BCUT2D eigenvalue weighted by molar-refractivity contribution is 5.91. The Morgan fingerprint density at radius 3 is 2.77 bits per heavy atom. The monoisotopic (exact) mass is 475 g/mol. The maximum absolute atomic E-state index is 12.7. The molecule has 1 aliphatic rings. The Morgan fingerprint density at radius 1 is 1.09 bits per heavy atom. The van der Waals surface area contributed by atoms with Crippen LogP contribution in [0.2, 0.25) is 0 Å². The fourth-order valence-corrected chi connectivity index (χ4v) is 4.64. The van der Waals surface area contributed by atoms with Gasteiger partial charge in [0.2, 0.25) is 0 Å². The molecule has 4 aromatic rings. The average Bonchev–Trinajstić information content (AvgIpc) is 3.66. The van der Waals surface area contributed by atoms with Gasteiger partial charge in [-0.3, -0.25) is 9.69 Å². The van der Waals surface area contributed by atoms with Crippen molar-refractivity contribution in [2.45, 2.75) is 25.6 Å². The van der Waals surface area contributed by atoms with E-state index in [0.29, 0.717) is 36.8 Å². The lowest BCUT2D eigenvalue weighted by Crippen LogP contribution is -2.37. The van der Waals surface area contributed by atoms with Crippen LogP contribution in [-0.2, 0) is 19.5 Å². The molecule has 8 heteroatoms. The van der Waals surface area contributed by atoms with Crippen LogP contribution in [0.5, 0.6) is 11.5 Å². The minimum absolute atomic E-state index is 0.0707. The zero-order valence-corrected chi connectivity index (χ0v) is 19.9. The molecule has 1 N–H and O–H groups in total. The Morgan fingerprint density at radius 2 is 1.97 bits per heavy atom. The van der Waals surface area contributed by atoms with E-state index >= 15 is 0 Å². The average molecular weight is 476 g/mol. The predicted octanol–water partition coefficient (Wildman–Crippen LogP) is 4.27. The Balaban J connectivity index is 1.20. The molecule has 0 aliphatic carbocycles. The summed E-state index contributed by atoms with van der Waals surface area (Å²) in [5.41, 5.74) is 3.37. The molecule has 4 heterocycles. The Hall–Kier alpha value is -3.91. The van der Waals surface area contributed by atoms with Gasteiger partial charge in [0.25, 0.3) is 5.91 Å². The van der Waals surface area contributed by atoms with Crippen molar-refractivity contribution in [3.63, 3.8) is 0 Å². The molecule has 0 saturated carbocycles. The van der Waals surface area contributed by atoms with E-state index in [-0.39, 0.29) is 11.9 Å². The molecule has 8 nitrogen and oxygen atoms in total. The molecular weight excluding hydrogens is 446 g/mol. The molecule has 5 rings (SSSR count). The first-order valence-corrected chi connectivity index (χ1v) is 11.6. The molecule has 1 aromatic carbocycles. The first kappa shape index (κ1) is 22.9. The summed E-state index contributed by atoms with van der Waals surface area (Å²) >= 11 is 0. The number of aromatic nitrogens is 1. The molecule has 35 heavy (non-hydrogen) atoms. The van der Waals surface area contributed by atoms with Crippen molar-refractivity contribution >= 4 is 5.91 Å². The van der Waals surface area contributed by atoms with Gasteiger partial charge in [0.1, 0.15) is 5.76 Å². The lowest BCUT2D eigenvalue weighted by atomic mass is 10.0. The number of carbonyl (C=O) groups excluding carboxylic acids is 1. The molecular formula is C27H29N3O5. The number of hydrogen-bond donors (Lipinski definition) is 1. The van der Waals surface area contributed by atoms with Gasteiger partial charge in [0, 0.05) is 37.1 Å². The second-order valence-corrected chi connectivity index (χ2v) is 8.52. The van der Waals surface area contributed by atoms with Crippen molar-refractivity contribution < 1.29 is 23.1 Å². The van der Waals surface area contributed by atoms with Crippen molar-refractivity contribution in [3.8, 4) is 11.5 Å². The molecule has 1 atom stereocenters. The minimum atomic E-state index is -0.226. The Labute approximate surface area is 204 Å². The van der Waals surface area contributed by atoms with E-state index in [1.165, 1.54) is 5.69 Å². The van der Waals surface area contributed by atoms with Gasteiger partial charge in [0.15, 0.2) is 17.3 Å². The summed E-state index contributed by atoms with van der Waals surface area (Å²) in [5.74, 6) is 2.19. The van der Waals surface area contributed by atoms with E-state index in [9.17, 15) is 4.79 Å². The summed E-state index contributed by atoms with van der Waals surface area (Å²) in [6, 6.07) is 15.6. The number of rotatable bonds is 9. The molecule has 182 valence electrons. The molecule has 3 aromatic heterocycles. The Kier molecular flexibility index (Phi) is 6.63. The number of ether oxygens (including phenoxy) is 2. The van der Waals surface area contributed by atoms with Crippen LogP contribution < -0.4 is 14.8 Å². The van der Waals surface area contributed by atoms with E-state index < -0.39 is 0 Å². The topological polar surface area (TPSA) is 82.0 Å². The van der Waals surface area contributed by atoms with E-state index in [2.05, 4.69) is 33.1 Å². The second kappa shape index (κ2) is 10.1. The summed E-state index contributed by atoms with van der Waals surface area (Å²) in [4.78, 5) is 15.0. The number of carbonyl (C=O) groups is 1. The van der Waals surface area contributed by atoms with Gasteiger partial charge in [0.05, 0.1) is 39.3 Å². The third kappa shape index (κ3) is 4.83. The largest absolute Gasteiger partial charge is 0.493 e. The van der Waals surface area contributed by atoms with Crippen molar-refractivity contribution in [2.24, 2.45) is 0 Å². The summed E-state index contributed by atoms with van der Waals surface area (Å²) < 4.78 is 24.2. The number of nitrogens with one attached hydrogen (secondary N) is 1. The van der Waals surface area contributed by atoms with E-state index in [4.69, 9.17) is 18.3 Å². The quantitative estimate of drug-likeness (QED) is 0.389. The van der Waals surface area contributed by atoms with E-state index in [0.717, 1.165) is 30.0 Å². The van der Waals surface area contributed by atoms with Crippen LogP contribution in [0.1, 0.15) is 39.2 Å². The lowest BCUT2D eigenvalue weighted by molar-refractivity contribution is 0.0920. The van der Waals surface area contributed by atoms with Crippen LogP contribution in [-0.4, -0.2) is 42.7 Å². The van der Waals surface area contributed by atoms with Crippen LogP contribution in [0, 0.1) is 0 Å². The summed E-state index contributed by atoms with van der Waals surface area (Å²) in [6.45, 7) is 2.85. The SMILES string of the molecule is COc1ccc(CCNC(=O)c2ccc(CN3CCn4cccc4C3c3ccoc3)o2)cc1OC. The van der Waals surface area contributed by atoms with Crippen molar-refractivity contribution in [1.82, 2.24) is 14.8 Å². The highest BCUT2D eigenvalue weighted by Crippen LogP contribution is 2.34. The van der Waals surface area contributed by atoms with Gasteiger partial charge in [-0.05, 0) is 54.4 Å². The molecule has 1 aliphatic heterocycles. The molecule has 0 radical (unpaired) electrons. The minimum Gasteiger partial charge on any atom is -0.493 e. The molecule has 0 saturated heterocycles. The zero-order chi connectivity index (χ0) is 24.2. The number of furan rings is 2. The third-order valence-corrected chi connectivity index (χ3v) is 6.39. The van der Waals surface area contributed by atoms with Gasteiger partial charge in [-0.2, -0.15) is 0 Å². The number of nitrogens with zero attached hydrogens (tertiary/aromatic N) is 2. The van der Waals surface area contributed by atoms with Crippen LogP contribution in [0.3, 0.4) is 0 Å². The van der Waals surface area contributed by atoms with Crippen molar-refractivity contribution in [2.75, 3.05) is 27.3 Å². The van der Waals surface area contributed by atoms with Crippen LogP contribution in [0.25, 0.3) is 0 Å².